The number of amides is 1. The normalized spacial score (nSPS) is 14.6. The van der Waals surface area contributed by atoms with Crippen LogP contribution in [-0.2, 0) is 4.79 Å². The Kier molecular flexibility index (Phi) is 5.93. The van der Waals surface area contributed by atoms with Crippen LogP contribution in [0.4, 0.5) is 11.4 Å². The molecule has 0 bridgehead atoms. The van der Waals surface area contributed by atoms with Gasteiger partial charge >= 0.3 is 0 Å². The molecule has 1 aliphatic heterocycles. The van der Waals surface area contributed by atoms with Gasteiger partial charge in [-0.15, -0.1) is 0 Å². The van der Waals surface area contributed by atoms with Crippen LogP contribution in [0.25, 0.3) is 6.08 Å². The van der Waals surface area contributed by atoms with Crippen LogP contribution in [0, 0.1) is 11.3 Å². The number of benzene rings is 2. The molecule has 3 rings (SSSR count). The molecule has 0 spiro atoms. The molecule has 0 aliphatic carbocycles. The lowest BCUT2D eigenvalue weighted by molar-refractivity contribution is -0.112. The lowest BCUT2D eigenvalue weighted by atomic mass is 10.1. The highest BCUT2D eigenvalue weighted by Gasteiger charge is 2.12. The van der Waals surface area contributed by atoms with Crippen molar-refractivity contribution in [2.45, 2.75) is 19.3 Å². The van der Waals surface area contributed by atoms with Gasteiger partial charge in [-0.1, -0.05) is 23.7 Å². The van der Waals surface area contributed by atoms with Crippen LogP contribution in [0.15, 0.2) is 54.1 Å². The smallest absolute Gasteiger partial charge is 0.266 e. The van der Waals surface area contributed by atoms with E-state index in [0.717, 1.165) is 18.7 Å². The van der Waals surface area contributed by atoms with Crippen molar-refractivity contribution in [2.75, 3.05) is 23.3 Å². The molecule has 1 amide bonds. The predicted octanol–water partition coefficient (Wildman–Crippen LogP) is 4.88. The first-order valence-electron chi connectivity index (χ1n) is 8.69. The van der Waals surface area contributed by atoms with Gasteiger partial charge < -0.3 is 10.2 Å². The maximum Gasteiger partial charge on any atom is 0.266 e. The zero-order valence-corrected chi connectivity index (χ0v) is 15.2. The number of rotatable bonds is 4. The first-order chi connectivity index (χ1) is 12.7. The van der Waals surface area contributed by atoms with Crippen LogP contribution in [0.3, 0.4) is 0 Å². The highest BCUT2D eigenvalue weighted by atomic mass is 35.5. The van der Waals surface area contributed by atoms with Crippen LogP contribution < -0.4 is 10.2 Å². The summed E-state index contributed by atoms with van der Waals surface area (Å²) in [5, 5.41) is 12.6. The first-order valence-corrected chi connectivity index (χ1v) is 9.07. The Morgan fingerprint density at radius 1 is 1.04 bits per heavy atom. The monoisotopic (exact) mass is 365 g/mol. The number of piperidine rings is 1. The molecule has 1 fully saturated rings. The fourth-order valence-corrected chi connectivity index (χ4v) is 3.11. The number of anilines is 2. The summed E-state index contributed by atoms with van der Waals surface area (Å²) in [6.45, 7) is 2.17. The quantitative estimate of drug-likeness (QED) is 0.620. The summed E-state index contributed by atoms with van der Waals surface area (Å²) in [7, 11) is 0. The topological polar surface area (TPSA) is 56.1 Å². The Morgan fingerprint density at radius 2 is 1.69 bits per heavy atom. The second-order valence-electron chi connectivity index (χ2n) is 6.27. The summed E-state index contributed by atoms with van der Waals surface area (Å²) in [6.07, 6.45) is 5.35. The first kappa shape index (κ1) is 18.0. The largest absolute Gasteiger partial charge is 0.372 e. The highest BCUT2D eigenvalue weighted by molar-refractivity contribution is 6.30. The SMILES string of the molecule is N#C/C(=C\c1ccc(N2CCCCC2)cc1)C(=O)Nc1ccc(Cl)cc1. The summed E-state index contributed by atoms with van der Waals surface area (Å²) >= 11 is 5.83. The van der Waals surface area contributed by atoms with E-state index in [1.54, 1.807) is 30.3 Å². The van der Waals surface area contributed by atoms with Gasteiger partial charge in [-0.25, -0.2) is 0 Å². The lowest BCUT2D eigenvalue weighted by Gasteiger charge is -2.28. The number of halogens is 1. The van der Waals surface area contributed by atoms with Crippen LogP contribution >= 0.6 is 11.6 Å². The zero-order chi connectivity index (χ0) is 18.4. The number of hydrogen-bond donors (Lipinski definition) is 1. The molecule has 0 unspecified atom stereocenters. The third-order valence-corrected chi connectivity index (χ3v) is 4.64. The van der Waals surface area contributed by atoms with E-state index in [1.807, 2.05) is 30.3 Å². The molecule has 0 atom stereocenters. The Hall–Kier alpha value is -2.77. The minimum atomic E-state index is -0.435. The molecule has 0 aromatic heterocycles. The summed E-state index contributed by atoms with van der Waals surface area (Å²) < 4.78 is 0. The number of carbonyl (C=O) groups excluding carboxylic acids is 1. The van der Waals surface area contributed by atoms with Crippen LogP contribution in [0.5, 0.6) is 0 Å². The van der Waals surface area contributed by atoms with Crippen molar-refractivity contribution in [3.05, 3.63) is 64.7 Å². The van der Waals surface area contributed by atoms with Crippen molar-refractivity contribution in [3.8, 4) is 6.07 Å². The third kappa shape index (κ3) is 4.65. The molecule has 1 saturated heterocycles. The van der Waals surface area contributed by atoms with Crippen molar-refractivity contribution >= 4 is 35.0 Å². The molecule has 132 valence electrons. The van der Waals surface area contributed by atoms with Gasteiger partial charge in [0.1, 0.15) is 11.6 Å². The van der Waals surface area contributed by atoms with Crippen LogP contribution in [0.2, 0.25) is 5.02 Å². The number of carbonyl (C=O) groups is 1. The molecule has 1 aliphatic rings. The minimum absolute atomic E-state index is 0.0608. The van der Waals surface area contributed by atoms with Crippen LogP contribution in [0.1, 0.15) is 24.8 Å². The highest BCUT2D eigenvalue weighted by Crippen LogP contribution is 2.21. The Morgan fingerprint density at radius 3 is 2.31 bits per heavy atom. The second kappa shape index (κ2) is 8.55. The predicted molar refractivity (Wildman–Crippen MR) is 106 cm³/mol. The van der Waals surface area contributed by atoms with Gasteiger partial charge in [-0.05, 0) is 67.3 Å². The summed E-state index contributed by atoms with van der Waals surface area (Å²) in [5.41, 5.74) is 2.67. The zero-order valence-electron chi connectivity index (χ0n) is 14.4. The van der Waals surface area contributed by atoms with E-state index in [1.165, 1.54) is 24.9 Å². The average Bonchev–Trinajstić information content (AvgIpc) is 2.69. The maximum absolute atomic E-state index is 12.3. The molecule has 2 aromatic carbocycles. The lowest BCUT2D eigenvalue weighted by Crippen LogP contribution is -2.29. The molecule has 4 nitrogen and oxygen atoms in total. The van der Waals surface area contributed by atoms with Crippen molar-refractivity contribution < 1.29 is 4.79 Å². The van der Waals surface area contributed by atoms with Gasteiger partial charge in [0.25, 0.3) is 5.91 Å². The maximum atomic E-state index is 12.3. The van der Waals surface area contributed by atoms with Crippen molar-refractivity contribution in [2.24, 2.45) is 0 Å². The van der Waals surface area contributed by atoms with Gasteiger partial charge in [-0.2, -0.15) is 5.26 Å². The standard InChI is InChI=1S/C21H20ClN3O/c22-18-6-8-19(9-7-18)24-21(26)17(15-23)14-16-4-10-20(11-5-16)25-12-2-1-3-13-25/h4-11,14H,1-3,12-13H2,(H,24,26)/b17-14+. The van der Waals surface area contributed by atoms with Gasteiger partial charge in [0.2, 0.25) is 0 Å². The summed E-state index contributed by atoms with van der Waals surface area (Å²) in [5.74, 6) is -0.435. The number of nitriles is 1. The minimum Gasteiger partial charge on any atom is -0.372 e. The fraction of sp³-hybridized carbons (Fsp3) is 0.238. The summed E-state index contributed by atoms with van der Waals surface area (Å²) in [4.78, 5) is 14.7. The Balaban J connectivity index is 1.70. The molecule has 5 heteroatoms. The van der Waals surface area contributed by atoms with Gasteiger partial charge in [0.15, 0.2) is 0 Å². The van der Waals surface area contributed by atoms with E-state index in [0.29, 0.717) is 10.7 Å². The van der Waals surface area contributed by atoms with E-state index >= 15 is 0 Å². The van der Waals surface area contributed by atoms with E-state index in [-0.39, 0.29) is 5.57 Å². The summed E-state index contributed by atoms with van der Waals surface area (Å²) in [6, 6.07) is 16.7. The number of nitrogens with zero attached hydrogens (tertiary/aromatic N) is 2. The molecular formula is C21H20ClN3O. The van der Waals surface area contributed by atoms with Crippen molar-refractivity contribution in [3.63, 3.8) is 0 Å². The molecule has 26 heavy (non-hydrogen) atoms. The van der Waals surface area contributed by atoms with E-state index in [4.69, 9.17) is 11.6 Å². The van der Waals surface area contributed by atoms with Crippen LogP contribution in [-0.4, -0.2) is 19.0 Å². The second-order valence-corrected chi connectivity index (χ2v) is 6.71. The van der Waals surface area contributed by atoms with E-state index in [2.05, 4.69) is 10.2 Å². The molecule has 1 N–H and O–H groups in total. The fourth-order valence-electron chi connectivity index (χ4n) is 2.98. The number of nitrogens with one attached hydrogen (secondary N) is 1. The van der Waals surface area contributed by atoms with Crippen molar-refractivity contribution in [1.29, 1.82) is 5.26 Å². The van der Waals surface area contributed by atoms with Gasteiger partial charge in [0, 0.05) is 29.5 Å². The van der Waals surface area contributed by atoms with Crippen molar-refractivity contribution in [1.82, 2.24) is 0 Å². The molecular weight excluding hydrogens is 346 g/mol. The van der Waals surface area contributed by atoms with E-state index < -0.39 is 5.91 Å². The Bertz CT molecular complexity index is 829. The third-order valence-electron chi connectivity index (χ3n) is 4.39. The molecule has 0 radical (unpaired) electrons. The Labute approximate surface area is 158 Å². The van der Waals surface area contributed by atoms with E-state index in [9.17, 15) is 10.1 Å². The molecule has 2 aromatic rings. The van der Waals surface area contributed by atoms with Gasteiger partial charge in [0.05, 0.1) is 0 Å². The molecule has 1 heterocycles. The number of hydrogen-bond acceptors (Lipinski definition) is 3. The van der Waals surface area contributed by atoms with Gasteiger partial charge in [-0.3, -0.25) is 4.79 Å². The average molecular weight is 366 g/mol. The molecule has 0 saturated carbocycles.